The molecule has 0 aromatic heterocycles. The largest absolute Gasteiger partial charge is 0.508 e. The number of amides is 1. The van der Waals surface area contributed by atoms with Crippen LogP contribution in [0.25, 0.3) is 0 Å². The van der Waals surface area contributed by atoms with Gasteiger partial charge in [-0.2, -0.15) is 0 Å². The van der Waals surface area contributed by atoms with E-state index in [-0.39, 0.29) is 29.8 Å². The minimum atomic E-state index is -1.15. The van der Waals surface area contributed by atoms with Gasteiger partial charge in [-0.15, -0.1) is 0 Å². The number of aromatic hydroxyl groups is 1. The highest BCUT2D eigenvalue weighted by Gasteiger charge is 2.53. The SMILES string of the molecule is CN1C(=N)N[C@@]2(c3cc(O)ccc3F)COCC[C@H]2C1=O. The van der Waals surface area contributed by atoms with Crippen LogP contribution in [0.4, 0.5) is 4.39 Å². The van der Waals surface area contributed by atoms with Crippen molar-refractivity contribution >= 4 is 11.9 Å². The third kappa shape index (κ3) is 1.96. The summed E-state index contributed by atoms with van der Waals surface area (Å²) in [6.07, 6.45) is 0.429. The lowest BCUT2D eigenvalue weighted by Crippen LogP contribution is -2.68. The summed E-state index contributed by atoms with van der Waals surface area (Å²) in [7, 11) is 1.51. The number of nitrogens with one attached hydrogen (secondary N) is 2. The van der Waals surface area contributed by atoms with E-state index in [1.54, 1.807) is 0 Å². The Labute approximate surface area is 121 Å². The van der Waals surface area contributed by atoms with E-state index in [9.17, 15) is 14.3 Å². The van der Waals surface area contributed by atoms with Crippen LogP contribution in [0, 0.1) is 17.1 Å². The Bertz CT molecular complexity index is 621. The van der Waals surface area contributed by atoms with E-state index >= 15 is 0 Å². The topological polar surface area (TPSA) is 85.7 Å². The van der Waals surface area contributed by atoms with Crippen LogP contribution >= 0.6 is 0 Å². The summed E-state index contributed by atoms with van der Waals surface area (Å²) in [4.78, 5) is 13.7. The minimum Gasteiger partial charge on any atom is -0.508 e. The summed E-state index contributed by atoms with van der Waals surface area (Å²) in [5.41, 5.74) is -1.000. The van der Waals surface area contributed by atoms with Crippen LogP contribution in [0.1, 0.15) is 12.0 Å². The Morgan fingerprint density at radius 1 is 1.57 bits per heavy atom. The van der Waals surface area contributed by atoms with E-state index in [0.717, 1.165) is 6.07 Å². The van der Waals surface area contributed by atoms with Crippen LogP contribution in [-0.4, -0.2) is 42.1 Å². The van der Waals surface area contributed by atoms with Gasteiger partial charge in [-0.3, -0.25) is 15.1 Å². The van der Waals surface area contributed by atoms with Gasteiger partial charge in [-0.1, -0.05) is 0 Å². The maximum Gasteiger partial charge on any atom is 0.235 e. The Hall–Kier alpha value is -2.15. The van der Waals surface area contributed by atoms with Gasteiger partial charge in [-0.05, 0) is 24.6 Å². The number of guanidine groups is 1. The third-order valence-electron chi connectivity index (χ3n) is 4.21. The van der Waals surface area contributed by atoms with Crippen molar-refractivity contribution in [3.05, 3.63) is 29.6 Å². The smallest absolute Gasteiger partial charge is 0.235 e. The summed E-state index contributed by atoms with van der Waals surface area (Å²) in [5.74, 6) is -1.53. The highest BCUT2D eigenvalue weighted by molar-refractivity contribution is 6.00. The molecular formula is C14H16FN3O3. The van der Waals surface area contributed by atoms with Gasteiger partial charge in [0.2, 0.25) is 5.91 Å². The first-order valence-electron chi connectivity index (χ1n) is 6.67. The first kappa shape index (κ1) is 13.8. The van der Waals surface area contributed by atoms with Gasteiger partial charge < -0.3 is 15.2 Å². The van der Waals surface area contributed by atoms with Gasteiger partial charge in [-0.25, -0.2) is 4.39 Å². The predicted molar refractivity (Wildman–Crippen MR) is 72.3 cm³/mol. The molecule has 2 aliphatic rings. The number of carbonyl (C=O) groups is 1. The molecule has 6 nitrogen and oxygen atoms in total. The molecule has 0 bridgehead atoms. The molecule has 2 fully saturated rings. The van der Waals surface area contributed by atoms with Crippen LogP contribution in [0.5, 0.6) is 5.75 Å². The Morgan fingerprint density at radius 3 is 3.10 bits per heavy atom. The lowest BCUT2D eigenvalue weighted by atomic mass is 9.73. The summed E-state index contributed by atoms with van der Waals surface area (Å²) in [6, 6.07) is 3.69. The van der Waals surface area contributed by atoms with E-state index in [1.165, 1.54) is 24.1 Å². The summed E-state index contributed by atoms with van der Waals surface area (Å²) < 4.78 is 19.7. The quantitative estimate of drug-likeness (QED) is 0.713. The molecular weight excluding hydrogens is 277 g/mol. The highest BCUT2D eigenvalue weighted by atomic mass is 19.1. The molecule has 1 aromatic carbocycles. The molecule has 2 aliphatic heterocycles. The number of fused-ring (bicyclic) bond motifs is 1. The van der Waals surface area contributed by atoms with Crippen LogP contribution in [-0.2, 0) is 15.1 Å². The molecule has 0 spiro atoms. The standard InChI is InChI=1S/C14H16FN3O3/c1-18-12(20)9-4-5-21-7-14(9,17-13(18)16)10-6-8(19)2-3-11(10)15/h2-3,6,9,19H,4-5,7H2,1H3,(H2,16,17)/t9-,14-/m0/s1. The van der Waals surface area contributed by atoms with Crippen molar-refractivity contribution in [2.45, 2.75) is 12.0 Å². The summed E-state index contributed by atoms with van der Waals surface area (Å²) >= 11 is 0. The van der Waals surface area contributed by atoms with E-state index in [0.29, 0.717) is 13.0 Å². The predicted octanol–water partition coefficient (Wildman–Crippen LogP) is 0.759. The second kappa shape index (κ2) is 4.70. The lowest BCUT2D eigenvalue weighted by Gasteiger charge is -2.49. The highest BCUT2D eigenvalue weighted by Crippen LogP contribution is 2.41. The number of phenolic OH excluding ortho intramolecular Hbond substituents is 1. The molecule has 0 saturated carbocycles. The zero-order chi connectivity index (χ0) is 15.2. The summed E-state index contributed by atoms with van der Waals surface area (Å²) in [6.45, 7) is 0.474. The average molecular weight is 293 g/mol. The van der Waals surface area contributed by atoms with E-state index in [4.69, 9.17) is 10.1 Å². The van der Waals surface area contributed by atoms with Gasteiger partial charge in [0.05, 0.1) is 12.5 Å². The lowest BCUT2D eigenvalue weighted by molar-refractivity contribution is -0.143. The van der Waals surface area contributed by atoms with Crippen LogP contribution < -0.4 is 5.32 Å². The number of nitrogens with zero attached hydrogens (tertiary/aromatic N) is 1. The molecule has 1 aromatic rings. The molecule has 2 heterocycles. The molecule has 0 unspecified atom stereocenters. The van der Waals surface area contributed by atoms with Gasteiger partial charge in [0.15, 0.2) is 5.96 Å². The first-order chi connectivity index (χ1) is 9.95. The van der Waals surface area contributed by atoms with Crippen molar-refractivity contribution in [2.24, 2.45) is 5.92 Å². The van der Waals surface area contributed by atoms with E-state index in [2.05, 4.69) is 5.32 Å². The second-order valence-electron chi connectivity index (χ2n) is 5.40. The number of ether oxygens (including phenoxy) is 1. The van der Waals surface area contributed by atoms with Crippen molar-refractivity contribution in [1.82, 2.24) is 10.2 Å². The molecule has 112 valence electrons. The van der Waals surface area contributed by atoms with Crippen LogP contribution in [0.15, 0.2) is 18.2 Å². The zero-order valence-electron chi connectivity index (χ0n) is 11.5. The fourth-order valence-electron chi connectivity index (χ4n) is 3.07. The normalized spacial score (nSPS) is 29.0. The van der Waals surface area contributed by atoms with Crippen LogP contribution in [0.2, 0.25) is 0 Å². The monoisotopic (exact) mass is 293 g/mol. The molecule has 1 amide bonds. The van der Waals surface area contributed by atoms with Crippen LogP contribution in [0.3, 0.4) is 0 Å². The van der Waals surface area contributed by atoms with Gasteiger partial charge in [0.1, 0.15) is 17.1 Å². The van der Waals surface area contributed by atoms with E-state index in [1.807, 2.05) is 0 Å². The van der Waals surface area contributed by atoms with E-state index < -0.39 is 17.3 Å². The van der Waals surface area contributed by atoms with Crippen molar-refractivity contribution in [3.8, 4) is 5.75 Å². The Kier molecular flexibility index (Phi) is 3.09. The van der Waals surface area contributed by atoms with Gasteiger partial charge in [0, 0.05) is 19.2 Å². The third-order valence-corrected chi connectivity index (χ3v) is 4.21. The minimum absolute atomic E-state index is 0.0694. The van der Waals surface area contributed by atoms with Crippen molar-refractivity contribution in [3.63, 3.8) is 0 Å². The number of hydrogen-bond acceptors (Lipinski definition) is 4. The number of halogens is 1. The first-order valence-corrected chi connectivity index (χ1v) is 6.67. The number of hydrogen-bond donors (Lipinski definition) is 3. The average Bonchev–Trinajstić information content (AvgIpc) is 2.47. The molecule has 3 N–H and O–H groups in total. The number of carbonyl (C=O) groups excluding carboxylic acids is 1. The molecule has 2 atom stereocenters. The maximum atomic E-state index is 14.3. The molecule has 0 aliphatic carbocycles. The molecule has 3 rings (SSSR count). The second-order valence-corrected chi connectivity index (χ2v) is 5.40. The Balaban J connectivity index is 2.16. The molecule has 0 radical (unpaired) electrons. The molecule has 21 heavy (non-hydrogen) atoms. The number of benzene rings is 1. The maximum absolute atomic E-state index is 14.3. The van der Waals surface area contributed by atoms with Crippen molar-refractivity contribution < 1.29 is 19.0 Å². The van der Waals surface area contributed by atoms with Crippen molar-refractivity contribution in [1.29, 1.82) is 5.41 Å². The molecule has 2 saturated heterocycles. The zero-order valence-corrected chi connectivity index (χ0v) is 11.5. The fraction of sp³-hybridized carbons (Fsp3) is 0.429. The van der Waals surface area contributed by atoms with Crippen molar-refractivity contribution in [2.75, 3.05) is 20.3 Å². The number of phenols is 1. The summed E-state index contributed by atoms with van der Waals surface area (Å²) in [5, 5.41) is 20.5. The van der Waals surface area contributed by atoms with Gasteiger partial charge >= 0.3 is 0 Å². The number of rotatable bonds is 1. The Morgan fingerprint density at radius 2 is 2.33 bits per heavy atom. The molecule has 7 heteroatoms. The fourth-order valence-corrected chi connectivity index (χ4v) is 3.07. The van der Waals surface area contributed by atoms with Gasteiger partial charge in [0.25, 0.3) is 0 Å².